The molecule has 0 heterocycles. The summed E-state index contributed by atoms with van der Waals surface area (Å²) in [5.41, 5.74) is 25.0. The van der Waals surface area contributed by atoms with E-state index < -0.39 is 5.41 Å². The Bertz CT molecular complexity index is 3370. The first-order chi connectivity index (χ1) is 42.7. The average molecular weight is 1130 g/mol. The fraction of sp³-hybridized carbons (Fsp3) is 0.435. The number of benzene rings is 8. The Hall–Kier alpha value is -6.44. The zero-order valence-corrected chi connectivity index (χ0v) is 52.1. The van der Waals surface area contributed by atoms with Gasteiger partial charge in [-0.25, -0.2) is 0 Å². The van der Waals surface area contributed by atoms with Crippen LogP contribution in [-0.4, -0.2) is 0 Å². The van der Waals surface area contributed by atoms with E-state index in [4.69, 9.17) is 0 Å². The fourth-order valence-electron chi connectivity index (χ4n) is 18.1. The summed E-state index contributed by atoms with van der Waals surface area (Å²) in [4.78, 5) is 2.61. The van der Waals surface area contributed by atoms with Gasteiger partial charge in [-0.15, -0.1) is 0 Å². The van der Waals surface area contributed by atoms with Crippen LogP contribution in [0, 0.1) is 0 Å². The Morgan fingerprint density at radius 1 is 0.267 bits per heavy atom. The van der Waals surface area contributed by atoms with Crippen molar-refractivity contribution in [3.05, 3.63) is 232 Å². The number of rotatable bonds is 12. The van der Waals surface area contributed by atoms with Crippen LogP contribution in [0.25, 0.3) is 33.4 Å². The molecule has 0 saturated heterocycles. The van der Waals surface area contributed by atoms with E-state index in [9.17, 15) is 0 Å². The highest BCUT2D eigenvalue weighted by Crippen LogP contribution is 2.58. The molecule has 6 aliphatic carbocycles. The van der Waals surface area contributed by atoms with Gasteiger partial charge in [0.1, 0.15) is 0 Å². The predicted molar refractivity (Wildman–Crippen MR) is 366 cm³/mol. The van der Waals surface area contributed by atoms with E-state index in [0.717, 1.165) is 0 Å². The van der Waals surface area contributed by atoms with E-state index >= 15 is 0 Å². The number of anilines is 3. The van der Waals surface area contributed by atoms with Crippen molar-refractivity contribution in [1.29, 1.82) is 0 Å². The van der Waals surface area contributed by atoms with Crippen LogP contribution in [0.3, 0.4) is 0 Å². The number of hydrogen-bond donors (Lipinski definition) is 0. The zero-order chi connectivity index (χ0) is 57.5. The second-order valence-electron chi connectivity index (χ2n) is 27.9. The lowest BCUT2D eigenvalue weighted by atomic mass is 9.67. The number of nitrogens with zero attached hydrogens (tertiary/aromatic N) is 1. The lowest BCUT2D eigenvalue weighted by molar-refractivity contribution is 0.421. The molecule has 0 N–H and O–H groups in total. The summed E-state index contributed by atoms with van der Waals surface area (Å²) in [6.07, 6.45) is 42.5. The molecule has 0 spiro atoms. The minimum Gasteiger partial charge on any atom is -0.310 e. The van der Waals surface area contributed by atoms with Gasteiger partial charge in [0.25, 0.3) is 0 Å². The SMILES string of the molecule is c1ccc(-c2ccccc2N(c2ccc(-c3cc(C4CCCCCCC4)c(C4CCCCCCC4)c(C4CCCCCCC4)c3)cc2)c2ccc3c(c2)C(c2ccc(C4CCCCC4)cc2)(c2ccc(C4CCCCC4)cc2)c2ccccc2-3)cc1. The van der Waals surface area contributed by atoms with Crippen LogP contribution < -0.4 is 4.90 Å². The molecule has 5 saturated carbocycles. The molecule has 0 amide bonds. The van der Waals surface area contributed by atoms with Crippen LogP contribution in [0.1, 0.15) is 279 Å². The van der Waals surface area contributed by atoms with Crippen molar-refractivity contribution in [3.8, 4) is 33.4 Å². The van der Waals surface area contributed by atoms with Gasteiger partial charge >= 0.3 is 0 Å². The molecule has 0 aliphatic heterocycles. The highest BCUT2D eigenvalue weighted by molar-refractivity contribution is 5.92. The second-order valence-corrected chi connectivity index (χ2v) is 27.9. The van der Waals surface area contributed by atoms with Gasteiger partial charge in [-0.2, -0.15) is 0 Å². The highest BCUT2D eigenvalue weighted by atomic mass is 15.1. The van der Waals surface area contributed by atoms with Crippen molar-refractivity contribution in [2.45, 2.75) is 234 Å². The molecule has 8 aromatic rings. The van der Waals surface area contributed by atoms with Crippen molar-refractivity contribution < 1.29 is 0 Å². The summed E-state index contributed by atoms with van der Waals surface area (Å²) in [7, 11) is 0. The molecule has 0 atom stereocenters. The highest BCUT2D eigenvalue weighted by Gasteiger charge is 2.47. The van der Waals surface area contributed by atoms with E-state index in [1.165, 1.54) is 283 Å². The Kier molecular flexibility index (Phi) is 17.9. The molecular formula is C85H97N. The van der Waals surface area contributed by atoms with Crippen LogP contribution in [0.2, 0.25) is 0 Å². The van der Waals surface area contributed by atoms with E-state index in [0.29, 0.717) is 29.6 Å². The van der Waals surface area contributed by atoms with Crippen LogP contribution in [0.4, 0.5) is 17.1 Å². The van der Waals surface area contributed by atoms with Gasteiger partial charge in [0.15, 0.2) is 0 Å². The summed E-state index contributed by atoms with van der Waals surface area (Å²) >= 11 is 0. The van der Waals surface area contributed by atoms with Crippen molar-refractivity contribution in [3.63, 3.8) is 0 Å². The van der Waals surface area contributed by atoms with Gasteiger partial charge in [0, 0.05) is 16.9 Å². The lowest BCUT2D eigenvalue weighted by Crippen LogP contribution is -2.29. The summed E-state index contributed by atoms with van der Waals surface area (Å²) in [6.45, 7) is 0. The van der Waals surface area contributed by atoms with E-state index in [2.05, 4.69) is 187 Å². The molecule has 86 heavy (non-hydrogen) atoms. The zero-order valence-electron chi connectivity index (χ0n) is 52.1. The number of hydrogen-bond acceptors (Lipinski definition) is 1. The fourth-order valence-corrected chi connectivity index (χ4v) is 18.1. The molecule has 5 fully saturated rings. The Morgan fingerprint density at radius 3 is 1.20 bits per heavy atom. The monoisotopic (exact) mass is 1130 g/mol. The first kappa shape index (κ1) is 57.3. The van der Waals surface area contributed by atoms with E-state index in [1.807, 2.05) is 5.56 Å². The number of para-hydroxylation sites is 1. The smallest absolute Gasteiger partial charge is 0.0714 e. The van der Waals surface area contributed by atoms with Crippen molar-refractivity contribution in [1.82, 2.24) is 0 Å². The maximum Gasteiger partial charge on any atom is 0.0714 e. The van der Waals surface area contributed by atoms with Gasteiger partial charge in [0.2, 0.25) is 0 Å². The summed E-state index contributed by atoms with van der Waals surface area (Å²) < 4.78 is 0. The van der Waals surface area contributed by atoms with Gasteiger partial charge in [-0.3, -0.25) is 0 Å². The van der Waals surface area contributed by atoms with Crippen molar-refractivity contribution >= 4 is 17.1 Å². The van der Waals surface area contributed by atoms with Crippen LogP contribution in [0.5, 0.6) is 0 Å². The molecule has 0 aromatic heterocycles. The quantitative estimate of drug-likeness (QED) is 0.118. The third-order valence-corrected chi connectivity index (χ3v) is 22.7. The third-order valence-electron chi connectivity index (χ3n) is 22.7. The average Bonchev–Trinajstić information content (AvgIpc) is 1.60. The molecule has 1 nitrogen and oxygen atoms in total. The lowest BCUT2D eigenvalue weighted by Gasteiger charge is -2.36. The Labute approximate surface area is 518 Å². The van der Waals surface area contributed by atoms with Crippen molar-refractivity contribution in [2.24, 2.45) is 0 Å². The molecule has 0 unspecified atom stereocenters. The Balaban J connectivity index is 0.934. The van der Waals surface area contributed by atoms with E-state index in [1.54, 1.807) is 11.1 Å². The first-order valence-electron chi connectivity index (χ1n) is 35.4. The maximum atomic E-state index is 2.78. The third kappa shape index (κ3) is 11.8. The van der Waals surface area contributed by atoms with Crippen molar-refractivity contribution in [2.75, 3.05) is 4.90 Å². The van der Waals surface area contributed by atoms with Gasteiger partial charge in [0.05, 0.1) is 11.1 Å². The summed E-state index contributed by atoms with van der Waals surface area (Å²) in [5.74, 6) is 3.33. The van der Waals surface area contributed by atoms with Gasteiger partial charge in [-0.05, 0) is 202 Å². The first-order valence-corrected chi connectivity index (χ1v) is 35.4. The maximum absolute atomic E-state index is 2.78. The van der Waals surface area contributed by atoms with Crippen LogP contribution in [0.15, 0.2) is 182 Å². The molecule has 0 radical (unpaired) electrons. The van der Waals surface area contributed by atoms with Crippen LogP contribution in [-0.2, 0) is 5.41 Å². The van der Waals surface area contributed by atoms with E-state index in [-0.39, 0.29) is 0 Å². The topological polar surface area (TPSA) is 3.24 Å². The largest absolute Gasteiger partial charge is 0.310 e. The predicted octanol–water partition coefficient (Wildman–Crippen LogP) is 25.4. The second kappa shape index (κ2) is 26.9. The molecular weight excluding hydrogens is 1030 g/mol. The van der Waals surface area contributed by atoms with Gasteiger partial charge < -0.3 is 4.90 Å². The molecule has 442 valence electrons. The summed E-state index contributed by atoms with van der Waals surface area (Å²) in [5, 5.41) is 0. The molecule has 6 aliphatic rings. The minimum atomic E-state index is -0.517. The minimum absolute atomic E-state index is 0.517. The summed E-state index contributed by atoms with van der Waals surface area (Å²) in [6, 6.07) is 73.1. The Morgan fingerprint density at radius 2 is 0.674 bits per heavy atom. The standard InChI is InChI=1S/C85H97N/c1-4-13-35-68(36-14-5-1)79-59-71(60-80(69-37-15-6-2-7-16-38-69)84(79)70-39-17-8-3-9-18-40-70)66-49-55-74(56-50-66)86(83-44-28-26-41-76(83)67-33-23-12-24-34-67)75-57-58-78-77-42-25-27-43-81(77)85(82(78)61-75,72-51-45-64(46-52-72)62-29-19-10-20-30-62)73-53-47-65(48-54-73)63-31-21-11-22-32-63/h12,23-28,33-34,41-63,68-70H,1-11,13-22,29-32,35-40H2. The number of fused-ring (bicyclic) bond motifs is 3. The molecule has 0 bridgehead atoms. The molecule has 1 heteroatoms. The normalized spacial score (nSPS) is 19.7. The molecule has 8 aromatic carbocycles. The van der Waals surface area contributed by atoms with Crippen LogP contribution >= 0.6 is 0 Å². The molecule has 14 rings (SSSR count). The van der Waals surface area contributed by atoms with Gasteiger partial charge in [-0.1, -0.05) is 286 Å².